The van der Waals surface area contributed by atoms with Gasteiger partial charge in [0.25, 0.3) is 5.91 Å². The summed E-state index contributed by atoms with van der Waals surface area (Å²) in [6.07, 6.45) is 3.26. The number of likely N-dealkylation sites (tertiary alicyclic amines) is 1. The zero-order valence-corrected chi connectivity index (χ0v) is 13.9. The second kappa shape index (κ2) is 6.86. The van der Waals surface area contributed by atoms with E-state index in [1.165, 1.54) is 6.42 Å². The summed E-state index contributed by atoms with van der Waals surface area (Å²) in [4.78, 5) is 14.5. The highest BCUT2D eigenvalue weighted by Gasteiger charge is 2.25. The standard InChI is InChI=1S/C14H18Br2N2O/c15-11-3-4-13(16)12(8-11)14(19)18-7-1-2-10(9-18)5-6-17/h3-4,8,10H,1-2,5-7,9,17H2. The molecule has 0 aromatic heterocycles. The number of carbonyl (C=O) groups is 1. The van der Waals surface area contributed by atoms with Crippen LogP contribution in [-0.2, 0) is 0 Å². The van der Waals surface area contributed by atoms with Gasteiger partial charge in [-0.25, -0.2) is 0 Å². The van der Waals surface area contributed by atoms with Gasteiger partial charge in [0.2, 0.25) is 0 Å². The summed E-state index contributed by atoms with van der Waals surface area (Å²) in [5.74, 6) is 0.656. The number of rotatable bonds is 3. The van der Waals surface area contributed by atoms with Gasteiger partial charge in [0.05, 0.1) is 5.56 Å². The minimum atomic E-state index is 0.106. The van der Waals surface area contributed by atoms with Crippen LogP contribution in [0, 0.1) is 5.92 Å². The van der Waals surface area contributed by atoms with E-state index < -0.39 is 0 Å². The van der Waals surface area contributed by atoms with Crippen molar-refractivity contribution in [1.82, 2.24) is 4.90 Å². The second-order valence-corrected chi connectivity index (χ2v) is 6.73. The summed E-state index contributed by atoms with van der Waals surface area (Å²) in [6.45, 7) is 2.38. The van der Waals surface area contributed by atoms with Crippen LogP contribution < -0.4 is 5.73 Å². The first-order chi connectivity index (χ1) is 9.11. The Kier molecular flexibility index (Phi) is 5.42. The number of piperidine rings is 1. The maximum absolute atomic E-state index is 12.6. The van der Waals surface area contributed by atoms with E-state index in [4.69, 9.17) is 5.73 Å². The maximum Gasteiger partial charge on any atom is 0.255 e. The SMILES string of the molecule is NCCC1CCCN(C(=O)c2cc(Br)ccc2Br)C1. The van der Waals surface area contributed by atoms with Crippen molar-refractivity contribution in [3.8, 4) is 0 Å². The number of nitrogens with two attached hydrogens (primary N) is 1. The van der Waals surface area contributed by atoms with Crippen molar-refractivity contribution < 1.29 is 4.79 Å². The van der Waals surface area contributed by atoms with Crippen molar-refractivity contribution in [2.24, 2.45) is 11.7 Å². The number of hydrogen-bond acceptors (Lipinski definition) is 2. The van der Waals surface area contributed by atoms with Crippen LogP contribution in [0.1, 0.15) is 29.6 Å². The Labute approximate surface area is 130 Å². The number of carbonyl (C=O) groups excluding carboxylic acids is 1. The summed E-state index contributed by atoms with van der Waals surface area (Å²) < 4.78 is 1.77. The fourth-order valence-electron chi connectivity index (χ4n) is 2.55. The van der Waals surface area contributed by atoms with Gasteiger partial charge in [0, 0.05) is 22.0 Å². The van der Waals surface area contributed by atoms with E-state index in [1.54, 1.807) is 0 Å². The van der Waals surface area contributed by atoms with Gasteiger partial charge in [0.1, 0.15) is 0 Å². The summed E-state index contributed by atoms with van der Waals surface area (Å²) in [5, 5.41) is 0. The average Bonchev–Trinajstić information content (AvgIpc) is 2.41. The van der Waals surface area contributed by atoms with Crippen LogP contribution in [0.5, 0.6) is 0 Å². The minimum absolute atomic E-state index is 0.106. The molecular formula is C14H18Br2N2O. The van der Waals surface area contributed by atoms with E-state index in [0.717, 1.165) is 40.4 Å². The third-order valence-electron chi connectivity index (χ3n) is 3.54. The van der Waals surface area contributed by atoms with Gasteiger partial charge in [-0.2, -0.15) is 0 Å². The first-order valence-corrected chi connectivity index (χ1v) is 8.15. The lowest BCUT2D eigenvalue weighted by Gasteiger charge is -2.33. The molecule has 0 spiro atoms. The number of nitrogens with zero attached hydrogens (tertiary/aromatic N) is 1. The Morgan fingerprint density at radius 3 is 2.95 bits per heavy atom. The molecule has 1 amide bonds. The number of amides is 1. The van der Waals surface area contributed by atoms with Crippen molar-refractivity contribution in [2.75, 3.05) is 19.6 Å². The molecule has 0 saturated carbocycles. The van der Waals surface area contributed by atoms with E-state index >= 15 is 0 Å². The lowest BCUT2D eigenvalue weighted by molar-refractivity contribution is 0.0668. The molecule has 1 aliphatic rings. The zero-order valence-electron chi connectivity index (χ0n) is 10.7. The number of benzene rings is 1. The summed E-state index contributed by atoms with van der Waals surface area (Å²) in [5.41, 5.74) is 6.34. The second-order valence-electron chi connectivity index (χ2n) is 4.96. The molecule has 5 heteroatoms. The molecule has 1 fully saturated rings. The van der Waals surface area contributed by atoms with E-state index in [0.29, 0.717) is 12.5 Å². The van der Waals surface area contributed by atoms with Crippen molar-refractivity contribution in [2.45, 2.75) is 19.3 Å². The van der Waals surface area contributed by atoms with Gasteiger partial charge in [0.15, 0.2) is 0 Å². The fourth-order valence-corrected chi connectivity index (χ4v) is 3.33. The van der Waals surface area contributed by atoms with Crippen LogP contribution in [-0.4, -0.2) is 30.4 Å². The molecule has 3 nitrogen and oxygen atoms in total. The summed E-state index contributed by atoms with van der Waals surface area (Å²) >= 11 is 6.87. The van der Waals surface area contributed by atoms with Gasteiger partial charge >= 0.3 is 0 Å². The minimum Gasteiger partial charge on any atom is -0.338 e. The first-order valence-electron chi connectivity index (χ1n) is 6.56. The lowest BCUT2D eigenvalue weighted by atomic mass is 9.94. The summed E-state index contributed by atoms with van der Waals surface area (Å²) in [7, 11) is 0. The van der Waals surface area contributed by atoms with Gasteiger partial charge < -0.3 is 10.6 Å². The van der Waals surface area contributed by atoms with Crippen LogP contribution in [0.2, 0.25) is 0 Å². The van der Waals surface area contributed by atoms with Crippen LogP contribution in [0.4, 0.5) is 0 Å². The molecule has 0 radical (unpaired) electrons. The molecule has 1 saturated heterocycles. The molecule has 0 aliphatic carbocycles. The predicted molar refractivity (Wildman–Crippen MR) is 84.1 cm³/mol. The van der Waals surface area contributed by atoms with Crippen LogP contribution in [0.15, 0.2) is 27.1 Å². The number of halogens is 2. The van der Waals surface area contributed by atoms with E-state index in [9.17, 15) is 4.79 Å². The molecule has 104 valence electrons. The van der Waals surface area contributed by atoms with Crippen LogP contribution in [0.25, 0.3) is 0 Å². The molecule has 1 atom stereocenters. The van der Waals surface area contributed by atoms with Crippen molar-refractivity contribution in [3.63, 3.8) is 0 Å². The molecule has 1 aliphatic heterocycles. The lowest BCUT2D eigenvalue weighted by Crippen LogP contribution is -2.40. The normalized spacial score (nSPS) is 19.5. The van der Waals surface area contributed by atoms with Crippen molar-refractivity contribution in [3.05, 3.63) is 32.7 Å². The highest BCUT2D eigenvalue weighted by molar-refractivity contribution is 9.11. The van der Waals surface area contributed by atoms with E-state index in [2.05, 4.69) is 31.9 Å². The van der Waals surface area contributed by atoms with Crippen molar-refractivity contribution in [1.29, 1.82) is 0 Å². The first kappa shape index (κ1) is 15.0. The molecule has 1 aromatic carbocycles. The molecular weight excluding hydrogens is 372 g/mol. The molecule has 1 aromatic rings. The van der Waals surface area contributed by atoms with Gasteiger partial charge in [-0.1, -0.05) is 15.9 Å². The third kappa shape index (κ3) is 3.80. The van der Waals surface area contributed by atoms with E-state index in [-0.39, 0.29) is 5.91 Å². The maximum atomic E-state index is 12.6. The molecule has 0 bridgehead atoms. The topological polar surface area (TPSA) is 46.3 Å². The summed E-state index contributed by atoms with van der Waals surface area (Å²) in [6, 6.07) is 5.70. The van der Waals surface area contributed by atoms with E-state index in [1.807, 2.05) is 23.1 Å². The number of hydrogen-bond donors (Lipinski definition) is 1. The molecule has 1 unspecified atom stereocenters. The van der Waals surface area contributed by atoms with Crippen molar-refractivity contribution >= 4 is 37.8 Å². The molecule has 1 heterocycles. The monoisotopic (exact) mass is 388 g/mol. The highest BCUT2D eigenvalue weighted by Crippen LogP contribution is 2.26. The Hall–Kier alpha value is -0.390. The highest BCUT2D eigenvalue weighted by atomic mass is 79.9. The molecule has 2 rings (SSSR count). The zero-order chi connectivity index (χ0) is 13.8. The fraction of sp³-hybridized carbons (Fsp3) is 0.500. The Balaban J connectivity index is 2.12. The Morgan fingerprint density at radius 2 is 2.21 bits per heavy atom. The van der Waals surface area contributed by atoms with Gasteiger partial charge in [-0.15, -0.1) is 0 Å². The third-order valence-corrected chi connectivity index (χ3v) is 4.72. The average molecular weight is 390 g/mol. The van der Waals surface area contributed by atoms with Gasteiger partial charge in [-0.3, -0.25) is 4.79 Å². The van der Waals surface area contributed by atoms with Gasteiger partial charge in [-0.05, 0) is 65.9 Å². The van der Waals surface area contributed by atoms with Crippen LogP contribution >= 0.6 is 31.9 Å². The Morgan fingerprint density at radius 1 is 1.42 bits per heavy atom. The largest absolute Gasteiger partial charge is 0.338 e. The quantitative estimate of drug-likeness (QED) is 0.860. The van der Waals surface area contributed by atoms with Crippen LogP contribution in [0.3, 0.4) is 0 Å². The Bertz CT molecular complexity index is 463. The molecule has 2 N–H and O–H groups in total. The molecule has 19 heavy (non-hydrogen) atoms. The smallest absolute Gasteiger partial charge is 0.255 e. The predicted octanol–water partition coefficient (Wildman–Crippen LogP) is 3.41.